The number of benzene rings is 2. The van der Waals surface area contributed by atoms with Crippen LogP contribution in [0.2, 0.25) is 0 Å². The molecule has 2 aromatic heterocycles. The average Bonchev–Trinajstić information content (AvgIpc) is 3.04. The van der Waals surface area contributed by atoms with Gasteiger partial charge in [-0.1, -0.05) is 24.3 Å². The monoisotopic (exact) mass is 340 g/mol. The molecule has 0 aliphatic heterocycles. The third-order valence-corrected chi connectivity index (χ3v) is 5.44. The Hall–Kier alpha value is -2.11. The second kappa shape index (κ2) is 5.51. The van der Waals surface area contributed by atoms with Crippen LogP contribution in [0.5, 0.6) is 5.88 Å². The lowest BCUT2D eigenvalue weighted by molar-refractivity contribution is 0.452. The molecule has 2 heterocycles. The molecule has 0 saturated carbocycles. The van der Waals surface area contributed by atoms with Gasteiger partial charge in [0.1, 0.15) is 0 Å². The summed E-state index contributed by atoms with van der Waals surface area (Å²) < 4.78 is 2.95. The first kappa shape index (κ1) is 14.5. The number of para-hydroxylation sites is 1. The maximum atomic E-state index is 9.90. The predicted molar refractivity (Wildman–Crippen MR) is 99.1 cm³/mol. The SMILES string of the molecule is CCn1c2ccccc2c2cc(Cc3sc(=S)[nH]c3O)ccc21. The predicted octanol–water partition coefficient (Wildman–Crippen LogP) is 5.23. The lowest BCUT2D eigenvalue weighted by atomic mass is 10.1. The van der Waals surface area contributed by atoms with Gasteiger partial charge in [-0.3, -0.25) is 0 Å². The highest BCUT2D eigenvalue weighted by molar-refractivity contribution is 7.73. The van der Waals surface area contributed by atoms with Crippen LogP contribution in [0.15, 0.2) is 42.5 Å². The van der Waals surface area contributed by atoms with E-state index in [0.29, 0.717) is 10.4 Å². The minimum atomic E-state index is 0.191. The summed E-state index contributed by atoms with van der Waals surface area (Å²) in [5.41, 5.74) is 3.70. The lowest BCUT2D eigenvalue weighted by Crippen LogP contribution is -1.93. The van der Waals surface area contributed by atoms with Gasteiger partial charge in [-0.15, -0.1) is 11.3 Å². The quantitative estimate of drug-likeness (QED) is 0.501. The van der Waals surface area contributed by atoms with Crippen LogP contribution in [0, 0.1) is 3.95 Å². The third kappa shape index (κ3) is 2.36. The highest BCUT2D eigenvalue weighted by atomic mass is 32.1. The van der Waals surface area contributed by atoms with Gasteiger partial charge in [0.05, 0.1) is 4.88 Å². The number of thiazole rings is 1. The first-order chi connectivity index (χ1) is 11.2. The van der Waals surface area contributed by atoms with Gasteiger partial charge in [0.25, 0.3) is 0 Å². The van der Waals surface area contributed by atoms with Crippen molar-refractivity contribution in [1.82, 2.24) is 9.55 Å². The van der Waals surface area contributed by atoms with Gasteiger partial charge < -0.3 is 14.7 Å². The van der Waals surface area contributed by atoms with Gasteiger partial charge in [0, 0.05) is 34.8 Å². The van der Waals surface area contributed by atoms with E-state index < -0.39 is 0 Å². The highest BCUT2D eigenvalue weighted by Gasteiger charge is 2.11. The maximum absolute atomic E-state index is 9.90. The van der Waals surface area contributed by atoms with Crippen molar-refractivity contribution in [3.63, 3.8) is 0 Å². The molecular weight excluding hydrogens is 324 g/mol. The maximum Gasteiger partial charge on any atom is 0.203 e. The molecule has 4 aromatic rings. The summed E-state index contributed by atoms with van der Waals surface area (Å²) >= 11 is 6.53. The van der Waals surface area contributed by atoms with E-state index in [1.807, 2.05) is 0 Å². The molecule has 2 aromatic carbocycles. The van der Waals surface area contributed by atoms with Gasteiger partial charge in [0.2, 0.25) is 5.88 Å². The average molecular weight is 340 g/mol. The van der Waals surface area contributed by atoms with Gasteiger partial charge in [-0.25, -0.2) is 0 Å². The van der Waals surface area contributed by atoms with E-state index in [-0.39, 0.29) is 5.88 Å². The molecule has 0 aliphatic rings. The summed E-state index contributed by atoms with van der Waals surface area (Å²) in [7, 11) is 0. The summed E-state index contributed by atoms with van der Waals surface area (Å²) in [6.07, 6.45) is 0.686. The van der Waals surface area contributed by atoms with Gasteiger partial charge >= 0.3 is 0 Å². The second-order valence-electron chi connectivity index (χ2n) is 5.58. The third-order valence-electron chi connectivity index (χ3n) is 4.22. The Bertz CT molecular complexity index is 1070. The van der Waals surface area contributed by atoms with E-state index >= 15 is 0 Å². The Labute approximate surface area is 142 Å². The molecule has 0 unspecified atom stereocenters. The Morgan fingerprint density at radius 2 is 1.91 bits per heavy atom. The van der Waals surface area contributed by atoms with Crippen LogP contribution < -0.4 is 0 Å². The van der Waals surface area contributed by atoms with Crippen LogP contribution in [0.3, 0.4) is 0 Å². The van der Waals surface area contributed by atoms with Crippen molar-refractivity contribution in [2.24, 2.45) is 0 Å². The minimum absolute atomic E-state index is 0.191. The Morgan fingerprint density at radius 1 is 1.13 bits per heavy atom. The van der Waals surface area contributed by atoms with Crippen molar-refractivity contribution in [3.05, 3.63) is 56.9 Å². The molecule has 4 rings (SSSR count). The summed E-state index contributed by atoms with van der Waals surface area (Å²) in [5.74, 6) is 0.191. The molecule has 0 radical (unpaired) electrons. The van der Waals surface area contributed by atoms with Crippen molar-refractivity contribution in [2.45, 2.75) is 19.9 Å². The van der Waals surface area contributed by atoms with E-state index in [0.717, 1.165) is 11.4 Å². The number of hydrogen-bond donors (Lipinski definition) is 2. The number of nitrogens with zero attached hydrogens (tertiary/aromatic N) is 1. The summed E-state index contributed by atoms with van der Waals surface area (Å²) in [5, 5.41) is 12.4. The minimum Gasteiger partial charge on any atom is -0.494 e. The normalized spacial score (nSPS) is 11.5. The molecule has 0 fully saturated rings. The van der Waals surface area contributed by atoms with Crippen LogP contribution >= 0.6 is 23.6 Å². The summed E-state index contributed by atoms with van der Waals surface area (Å²) in [4.78, 5) is 3.68. The molecule has 0 bridgehead atoms. The fraction of sp³-hybridized carbons (Fsp3) is 0.167. The molecule has 5 heteroatoms. The number of nitrogens with one attached hydrogen (secondary N) is 1. The molecular formula is C18H16N2OS2. The largest absolute Gasteiger partial charge is 0.494 e. The zero-order valence-corrected chi connectivity index (χ0v) is 14.3. The van der Waals surface area contributed by atoms with Crippen molar-refractivity contribution in [3.8, 4) is 5.88 Å². The highest BCUT2D eigenvalue weighted by Crippen LogP contribution is 2.31. The Balaban J connectivity index is 1.89. The number of aryl methyl sites for hydroxylation is 1. The summed E-state index contributed by atoms with van der Waals surface area (Å²) in [6.45, 7) is 3.12. The molecule has 0 atom stereocenters. The van der Waals surface area contributed by atoms with E-state index in [9.17, 15) is 5.11 Å². The first-order valence-corrected chi connectivity index (χ1v) is 8.80. The van der Waals surface area contributed by atoms with E-state index in [1.165, 1.54) is 38.7 Å². The Kier molecular flexibility index (Phi) is 3.47. The number of fused-ring (bicyclic) bond motifs is 3. The molecule has 2 N–H and O–H groups in total. The second-order valence-corrected chi connectivity index (χ2v) is 7.35. The standard InChI is InChI=1S/C18H16N2OS2/c1-2-20-14-6-4-3-5-12(14)13-9-11(7-8-15(13)20)10-16-17(21)19-18(22)23-16/h3-9,21H,2,10H2,1H3,(H,19,22). The number of H-pyrrole nitrogens is 1. The molecule has 116 valence electrons. The summed E-state index contributed by atoms with van der Waals surface area (Å²) in [6, 6.07) is 15.0. The number of rotatable bonds is 3. The molecule has 0 aliphatic carbocycles. The van der Waals surface area contributed by atoms with Crippen LogP contribution in [-0.2, 0) is 13.0 Å². The number of hydrogen-bond acceptors (Lipinski definition) is 3. The van der Waals surface area contributed by atoms with Gasteiger partial charge in [-0.05, 0) is 42.9 Å². The molecule has 23 heavy (non-hydrogen) atoms. The molecule has 0 amide bonds. The van der Waals surface area contributed by atoms with Crippen LogP contribution in [0.25, 0.3) is 21.8 Å². The zero-order chi connectivity index (χ0) is 16.0. The van der Waals surface area contributed by atoms with Crippen LogP contribution in [0.4, 0.5) is 0 Å². The molecule has 3 nitrogen and oxygen atoms in total. The number of aromatic nitrogens is 2. The zero-order valence-electron chi connectivity index (χ0n) is 12.7. The van der Waals surface area contributed by atoms with Crippen molar-refractivity contribution >= 4 is 45.4 Å². The van der Waals surface area contributed by atoms with Crippen molar-refractivity contribution < 1.29 is 5.11 Å². The first-order valence-electron chi connectivity index (χ1n) is 7.58. The van der Waals surface area contributed by atoms with E-state index in [2.05, 4.69) is 58.9 Å². The topological polar surface area (TPSA) is 41.0 Å². The fourth-order valence-electron chi connectivity index (χ4n) is 3.21. The fourth-order valence-corrected chi connectivity index (χ4v) is 4.37. The molecule has 0 spiro atoms. The van der Waals surface area contributed by atoms with Gasteiger partial charge in [0.15, 0.2) is 3.95 Å². The van der Waals surface area contributed by atoms with Gasteiger partial charge in [-0.2, -0.15) is 0 Å². The van der Waals surface area contributed by atoms with E-state index in [4.69, 9.17) is 12.2 Å². The van der Waals surface area contributed by atoms with E-state index in [1.54, 1.807) is 0 Å². The van der Waals surface area contributed by atoms with Crippen molar-refractivity contribution in [2.75, 3.05) is 0 Å². The van der Waals surface area contributed by atoms with Crippen molar-refractivity contribution in [1.29, 1.82) is 0 Å². The van der Waals surface area contributed by atoms with Crippen LogP contribution in [0.1, 0.15) is 17.4 Å². The smallest absolute Gasteiger partial charge is 0.203 e. The molecule has 0 saturated heterocycles. The van der Waals surface area contributed by atoms with Crippen LogP contribution in [-0.4, -0.2) is 14.7 Å². The lowest BCUT2D eigenvalue weighted by Gasteiger charge is -2.04. The number of aromatic hydroxyl groups is 1. The Morgan fingerprint density at radius 3 is 2.65 bits per heavy atom. The number of aromatic amines is 1.